The fourth-order valence-electron chi connectivity index (χ4n) is 2.13. The predicted octanol–water partition coefficient (Wildman–Crippen LogP) is 4.99. The lowest BCUT2D eigenvalue weighted by atomic mass is 9.98. The van der Waals surface area contributed by atoms with E-state index in [9.17, 15) is 0 Å². The Morgan fingerprint density at radius 2 is 1.53 bits per heavy atom. The Balaban J connectivity index is 2.25. The van der Waals surface area contributed by atoms with Crippen molar-refractivity contribution in [2.75, 3.05) is 0 Å². The van der Waals surface area contributed by atoms with Gasteiger partial charge in [-0.05, 0) is 41.3 Å². The van der Waals surface area contributed by atoms with Gasteiger partial charge in [-0.1, -0.05) is 60.8 Å². The van der Waals surface area contributed by atoms with Crippen molar-refractivity contribution in [3.8, 4) is 0 Å². The van der Waals surface area contributed by atoms with E-state index in [2.05, 4.69) is 31.2 Å². The minimum Gasteiger partial charge on any atom is -0.320 e. The van der Waals surface area contributed by atoms with Crippen LogP contribution in [0.2, 0.25) is 10.0 Å². The second-order valence-electron chi connectivity index (χ2n) is 4.67. The normalized spacial score (nSPS) is 12.4. The average molecular weight is 294 g/mol. The molecule has 0 aliphatic rings. The van der Waals surface area contributed by atoms with Crippen LogP contribution in [0.25, 0.3) is 0 Å². The molecule has 1 atom stereocenters. The first-order valence-corrected chi connectivity index (χ1v) is 7.16. The molecule has 2 N–H and O–H groups in total. The maximum atomic E-state index is 6.26. The topological polar surface area (TPSA) is 26.0 Å². The third-order valence-corrected chi connectivity index (χ3v) is 3.56. The second-order valence-corrected chi connectivity index (χ2v) is 5.54. The van der Waals surface area contributed by atoms with Crippen LogP contribution in [-0.4, -0.2) is 0 Å². The van der Waals surface area contributed by atoms with E-state index in [-0.39, 0.29) is 6.04 Å². The average Bonchev–Trinajstić information content (AvgIpc) is 2.38. The molecule has 0 spiro atoms. The molecule has 1 nitrogen and oxygen atoms in total. The van der Waals surface area contributed by atoms with Crippen LogP contribution in [0.5, 0.6) is 0 Å². The van der Waals surface area contributed by atoms with E-state index in [1.165, 1.54) is 5.56 Å². The van der Waals surface area contributed by atoms with Gasteiger partial charge in [0.25, 0.3) is 0 Å². The van der Waals surface area contributed by atoms with E-state index in [1.807, 2.05) is 12.1 Å². The van der Waals surface area contributed by atoms with Gasteiger partial charge < -0.3 is 5.73 Å². The summed E-state index contributed by atoms with van der Waals surface area (Å²) in [4.78, 5) is 0. The SMILES string of the molecule is CCCc1ccc(C(N)c2cc(Cl)cc(Cl)c2)cc1. The summed E-state index contributed by atoms with van der Waals surface area (Å²) in [5.74, 6) is 0. The van der Waals surface area contributed by atoms with Crippen LogP contribution < -0.4 is 5.73 Å². The van der Waals surface area contributed by atoms with Crippen LogP contribution in [0.1, 0.15) is 36.1 Å². The van der Waals surface area contributed by atoms with Gasteiger partial charge in [-0.3, -0.25) is 0 Å². The Labute approximate surface area is 124 Å². The molecule has 100 valence electrons. The summed E-state index contributed by atoms with van der Waals surface area (Å²) in [7, 11) is 0. The van der Waals surface area contributed by atoms with Gasteiger partial charge >= 0.3 is 0 Å². The first kappa shape index (κ1) is 14.4. The molecule has 19 heavy (non-hydrogen) atoms. The van der Waals surface area contributed by atoms with Crippen LogP contribution in [0, 0.1) is 0 Å². The third kappa shape index (κ3) is 3.73. The van der Waals surface area contributed by atoms with Crippen molar-refractivity contribution >= 4 is 23.2 Å². The maximum absolute atomic E-state index is 6.26. The number of nitrogens with two attached hydrogens (primary N) is 1. The summed E-state index contributed by atoms with van der Waals surface area (Å²) in [5, 5.41) is 1.22. The Morgan fingerprint density at radius 3 is 2.05 bits per heavy atom. The molecular weight excluding hydrogens is 277 g/mol. The van der Waals surface area contributed by atoms with Crippen LogP contribution in [0.15, 0.2) is 42.5 Å². The predicted molar refractivity (Wildman–Crippen MR) is 82.9 cm³/mol. The number of benzene rings is 2. The minimum atomic E-state index is -0.202. The summed E-state index contributed by atoms with van der Waals surface area (Å²) in [6, 6.07) is 13.6. The quantitative estimate of drug-likeness (QED) is 0.844. The number of hydrogen-bond donors (Lipinski definition) is 1. The Morgan fingerprint density at radius 1 is 0.947 bits per heavy atom. The minimum absolute atomic E-state index is 0.202. The molecule has 1 unspecified atom stereocenters. The Kier molecular flexibility index (Phi) is 4.87. The summed E-state index contributed by atoms with van der Waals surface area (Å²) in [6.07, 6.45) is 2.24. The number of hydrogen-bond acceptors (Lipinski definition) is 1. The molecule has 0 heterocycles. The standard InChI is InChI=1S/C16H17Cl2N/c1-2-3-11-4-6-12(7-5-11)16(19)13-8-14(17)10-15(18)9-13/h4-10,16H,2-3,19H2,1H3. The van der Waals surface area contributed by atoms with Crippen molar-refractivity contribution in [1.29, 1.82) is 0 Å². The number of aryl methyl sites for hydroxylation is 1. The molecule has 2 rings (SSSR count). The van der Waals surface area contributed by atoms with E-state index < -0.39 is 0 Å². The van der Waals surface area contributed by atoms with E-state index in [0.717, 1.165) is 24.0 Å². The molecule has 0 aliphatic carbocycles. The molecule has 0 aromatic heterocycles. The molecule has 3 heteroatoms. The van der Waals surface area contributed by atoms with E-state index >= 15 is 0 Å². The van der Waals surface area contributed by atoms with E-state index in [0.29, 0.717) is 10.0 Å². The lowest BCUT2D eigenvalue weighted by molar-refractivity contribution is 0.865. The van der Waals surface area contributed by atoms with Gasteiger partial charge in [0.1, 0.15) is 0 Å². The molecular formula is C16H17Cl2N. The molecule has 2 aromatic carbocycles. The van der Waals surface area contributed by atoms with Gasteiger partial charge in [-0.2, -0.15) is 0 Å². The third-order valence-electron chi connectivity index (χ3n) is 3.12. The molecule has 0 aliphatic heterocycles. The van der Waals surface area contributed by atoms with Gasteiger partial charge in [0, 0.05) is 10.0 Å². The Hall–Kier alpha value is -1.02. The first-order chi connectivity index (χ1) is 9.10. The van der Waals surface area contributed by atoms with Crippen molar-refractivity contribution in [3.05, 3.63) is 69.2 Å². The van der Waals surface area contributed by atoms with Crippen LogP contribution in [-0.2, 0) is 6.42 Å². The maximum Gasteiger partial charge on any atom is 0.0552 e. The van der Waals surface area contributed by atoms with Crippen LogP contribution in [0.4, 0.5) is 0 Å². The number of rotatable bonds is 4. The molecule has 0 bridgehead atoms. The fourth-order valence-corrected chi connectivity index (χ4v) is 2.67. The zero-order chi connectivity index (χ0) is 13.8. The highest BCUT2D eigenvalue weighted by Crippen LogP contribution is 2.26. The highest BCUT2D eigenvalue weighted by atomic mass is 35.5. The fraction of sp³-hybridized carbons (Fsp3) is 0.250. The van der Waals surface area contributed by atoms with E-state index in [1.54, 1.807) is 6.07 Å². The van der Waals surface area contributed by atoms with Crippen LogP contribution >= 0.6 is 23.2 Å². The molecule has 0 saturated heterocycles. The smallest absolute Gasteiger partial charge is 0.0552 e. The van der Waals surface area contributed by atoms with Gasteiger partial charge in [0.05, 0.1) is 6.04 Å². The van der Waals surface area contributed by atoms with Gasteiger partial charge in [-0.15, -0.1) is 0 Å². The summed E-state index contributed by atoms with van der Waals surface area (Å²) < 4.78 is 0. The zero-order valence-corrected chi connectivity index (χ0v) is 12.4. The largest absolute Gasteiger partial charge is 0.320 e. The molecule has 0 saturated carbocycles. The zero-order valence-electron chi connectivity index (χ0n) is 10.9. The summed E-state index contributed by atoms with van der Waals surface area (Å²) in [5.41, 5.74) is 9.60. The molecule has 0 fully saturated rings. The summed E-state index contributed by atoms with van der Waals surface area (Å²) >= 11 is 12.0. The van der Waals surface area contributed by atoms with E-state index in [4.69, 9.17) is 28.9 Å². The first-order valence-electron chi connectivity index (χ1n) is 6.40. The number of halogens is 2. The van der Waals surface area contributed by atoms with Crippen molar-refractivity contribution in [1.82, 2.24) is 0 Å². The lowest BCUT2D eigenvalue weighted by Crippen LogP contribution is -2.11. The van der Waals surface area contributed by atoms with Gasteiger partial charge in [0.15, 0.2) is 0 Å². The van der Waals surface area contributed by atoms with Crippen molar-refractivity contribution in [2.24, 2.45) is 5.73 Å². The highest BCUT2D eigenvalue weighted by molar-refractivity contribution is 6.34. The van der Waals surface area contributed by atoms with Gasteiger partial charge in [-0.25, -0.2) is 0 Å². The summed E-state index contributed by atoms with van der Waals surface area (Å²) in [6.45, 7) is 2.17. The van der Waals surface area contributed by atoms with Gasteiger partial charge in [0.2, 0.25) is 0 Å². The van der Waals surface area contributed by atoms with Crippen molar-refractivity contribution < 1.29 is 0 Å². The lowest BCUT2D eigenvalue weighted by Gasteiger charge is -2.14. The second kappa shape index (κ2) is 6.42. The van der Waals surface area contributed by atoms with Crippen molar-refractivity contribution in [3.63, 3.8) is 0 Å². The Bertz CT molecular complexity index is 529. The highest BCUT2D eigenvalue weighted by Gasteiger charge is 2.10. The monoisotopic (exact) mass is 293 g/mol. The molecule has 0 amide bonds. The molecule has 2 aromatic rings. The van der Waals surface area contributed by atoms with Crippen molar-refractivity contribution in [2.45, 2.75) is 25.8 Å². The molecule has 0 radical (unpaired) electrons. The van der Waals surface area contributed by atoms with Crippen LogP contribution in [0.3, 0.4) is 0 Å².